The van der Waals surface area contributed by atoms with Gasteiger partial charge in [-0.05, 0) is 23.1 Å². The van der Waals surface area contributed by atoms with Crippen LogP contribution in [0.15, 0.2) is 29.2 Å². The highest BCUT2D eigenvalue weighted by Crippen LogP contribution is 2.32. The van der Waals surface area contributed by atoms with Crippen LogP contribution in [0.1, 0.15) is 26.3 Å². The largest absolute Gasteiger partial charge is 0.393 e. The summed E-state index contributed by atoms with van der Waals surface area (Å²) in [6.45, 7) is 5.94. The Morgan fingerprint density at radius 2 is 1.63 bits per heavy atom. The molecule has 1 aromatic rings. The van der Waals surface area contributed by atoms with E-state index in [0.29, 0.717) is 0 Å². The second kappa shape index (κ2) is 6.18. The molecular weight excluding hydrogens is 271 g/mol. The normalized spacial score (nSPS) is 14.5. The van der Waals surface area contributed by atoms with Crippen LogP contribution < -0.4 is 5.73 Å². The van der Waals surface area contributed by atoms with E-state index in [1.807, 2.05) is 24.3 Å². The maximum absolute atomic E-state index is 12.6. The van der Waals surface area contributed by atoms with Crippen molar-refractivity contribution in [3.05, 3.63) is 29.8 Å². The molecule has 1 rings (SSSR count). The van der Waals surface area contributed by atoms with Crippen molar-refractivity contribution >= 4 is 11.8 Å². The van der Waals surface area contributed by atoms with Gasteiger partial charge in [-0.1, -0.05) is 32.9 Å². The first-order valence-electron chi connectivity index (χ1n) is 6.14. The van der Waals surface area contributed by atoms with Crippen molar-refractivity contribution in [1.29, 1.82) is 0 Å². The molecule has 2 N–H and O–H groups in total. The third-order valence-electron chi connectivity index (χ3n) is 2.92. The van der Waals surface area contributed by atoms with Crippen molar-refractivity contribution in [2.45, 2.75) is 37.3 Å². The summed E-state index contributed by atoms with van der Waals surface area (Å²) >= 11 is 1.20. The number of nitrogens with two attached hydrogens (primary N) is 1. The molecule has 0 bridgehead atoms. The summed E-state index contributed by atoms with van der Waals surface area (Å²) in [6.07, 6.45) is -4.22. The first-order valence-corrected chi connectivity index (χ1v) is 7.13. The Hall–Kier alpha value is -0.680. The lowest BCUT2D eigenvalue weighted by Gasteiger charge is -2.20. The van der Waals surface area contributed by atoms with Gasteiger partial charge in [0.25, 0.3) is 0 Å². The lowest BCUT2D eigenvalue weighted by molar-refractivity contribution is -0.165. The van der Waals surface area contributed by atoms with Crippen molar-refractivity contribution in [2.24, 2.45) is 11.7 Å². The average molecular weight is 291 g/mol. The van der Waals surface area contributed by atoms with E-state index in [4.69, 9.17) is 5.73 Å². The minimum atomic E-state index is -4.22. The smallest absolute Gasteiger partial charge is 0.330 e. The van der Waals surface area contributed by atoms with Crippen LogP contribution in [0.4, 0.5) is 13.2 Å². The Morgan fingerprint density at radius 1 is 1.11 bits per heavy atom. The van der Waals surface area contributed by atoms with Crippen LogP contribution in [-0.2, 0) is 5.41 Å². The molecule has 0 spiro atoms. The Kier molecular flexibility index (Phi) is 5.33. The van der Waals surface area contributed by atoms with Crippen LogP contribution in [-0.4, -0.2) is 18.5 Å². The predicted octanol–water partition coefficient (Wildman–Crippen LogP) is 4.21. The highest BCUT2D eigenvalue weighted by molar-refractivity contribution is 7.99. The standard InChI is InChI=1S/C14H20F3NS/c1-13(2,3)10-4-6-12(7-5-10)19-9-11(8-18)14(15,16)17/h4-7,11H,8-9,18H2,1-3H3. The molecule has 0 aliphatic carbocycles. The summed E-state index contributed by atoms with van der Waals surface area (Å²) < 4.78 is 37.7. The second-order valence-electron chi connectivity index (χ2n) is 5.56. The molecule has 0 radical (unpaired) electrons. The fourth-order valence-electron chi connectivity index (χ4n) is 1.54. The number of hydrogen-bond donors (Lipinski definition) is 1. The van der Waals surface area contributed by atoms with Crippen molar-refractivity contribution in [3.63, 3.8) is 0 Å². The molecule has 1 atom stereocenters. The quantitative estimate of drug-likeness (QED) is 0.841. The topological polar surface area (TPSA) is 26.0 Å². The van der Waals surface area contributed by atoms with Crippen molar-refractivity contribution in [1.82, 2.24) is 0 Å². The number of alkyl halides is 3. The second-order valence-corrected chi connectivity index (χ2v) is 6.65. The van der Waals surface area contributed by atoms with Gasteiger partial charge in [0.05, 0.1) is 5.92 Å². The molecular formula is C14H20F3NS. The summed E-state index contributed by atoms with van der Waals surface area (Å²) in [7, 11) is 0. The number of benzene rings is 1. The zero-order chi connectivity index (χ0) is 14.7. The molecule has 1 nitrogen and oxygen atoms in total. The number of halogens is 3. The van der Waals surface area contributed by atoms with Crippen molar-refractivity contribution < 1.29 is 13.2 Å². The van der Waals surface area contributed by atoms with Gasteiger partial charge in [-0.3, -0.25) is 0 Å². The third kappa shape index (κ3) is 5.07. The average Bonchev–Trinajstić information content (AvgIpc) is 2.27. The van der Waals surface area contributed by atoms with Gasteiger partial charge in [-0.25, -0.2) is 0 Å². The molecule has 1 unspecified atom stereocenters. The third-order valence-corrected chi connectivity index (χ3v) is 4.09. The van der Waals surface area contributed by atoms with Crippen LogP contribution in [0.2, 0.25) is 0 Å². The summed E-state index contributed by atoms with van der Waals surface area (Å²) in [5.41, 5.74) is 6.39. The van der Waals surface area contributed by atoms with Gasteiger partial charge in [0.15, 0.2) is 0 Å². The number of rotatable bonds is 4. The van der Waals surface area contributed by atoms with Gasteiger partial charge in [0.2, 0.25) is 0 Å². The van der Waals surface area contributed by atoms with Crippen molar-refractivity contribution in [2.75, 3.05) is 12.3 Å². The molecule has 19 heavy (non-hydrogen) atoms. The van der Waals surface area contributed by atoms with E-state index in [0.717, 1.165) is 4.90 Å². The minimum Gasteiger partial charge on any atom is -0.330 e. The highest BCUT2D eigenvalue weighted by atomic mass is 32.2. The fourth-order valence-corrected chi connectivity index (χ4v) is 2.59. The molecule has 0 aromatic heterocycles. The van der Waals surface area contributed by atoms with E-state index in [1.165, 1.54) is 17.3 Å². The van der Waals surface area contributed by atoms with E-state index in [-0.39, 0.29) is 17.7 Å². The number of hydrogen-bond acceptors (Lipinski definition) is 2. The maximum atomic E-state index is 12.6. The molecule has 108 valence electrons. The van der Waals surface area contributed by atoms with Gasteiger partial charge in [-0.2, -0.15) is 13.2 Å². The highest BCUT2D eigenvalue weighted by Gasteiger charge is 2.38. The minimum absolute atomic E-state index is 0.0329. The Morgan fingerprint density at radius 3 is 2.00 bits per heavy atom. The van der Waals surface area contributed by atoms with Crippen LogP contribution in [0, 0.1) is 5.92 Å². The van der Waals surface area contributed by atoms with Gasteiger partial charge in [0, 0.05) is 17.2 Å². The molecule has 0 fully saturated rings. The van der Waals surface area contributed by atoms with E-state index < -0.39 is 12.1 Å². The Balaban J connectivity index is 2.64. The van der Waals surface area contributed by atoms with E-state index >= 15 is 0 Å². The van der Waals surface area contributed by atoms with E-state index in [1.54, 1.807) is 0 Å². The van der Waals surface area contributed by atoms with Crippen LogP contribution >= 0.6 is 11.8 Å². The zero-order valence-electron chi connectivity index (χ0n) is 11.4. The van der Waals surface area contributed by atoms with E-state index in [9.17, 15) is 13.2 Å². The van der Waals surface area contributed by atoms with Crippen LogP contribution in [0.5, 0.6) is 0 Å². The monoisotopic (exact) mass is 291 g/mol. The first kappa shape index (κ1) is 16.4. The van der Waals surface area contributed by atoms with Gasteiger partial charge >= 0.3 is 6.18 Å². The summed E-state index contributed by atoms with van der Waals surface area (Å²) in [6, 6.07) is 7.67. The lowest BCUT2D eigenvalue weighted by Crippen LogP contribution is -2.32. The van der Waals surface area contributed by atoms with Crippen LogP contribution in [0.25, 0.3) is 0 Å². The summed E-state index contributed by atoms with van der Waals surface area (Å²) in [5, 5.41) is 0. The SMILES string of the molecule is CC(C)(C)c1ccc(SCC(CN)C(F)(F)F)cc1. The number of thioether (sulfide) groups is 1. The molecule has 0 aliphatic heterocycles. The molecule has 0 aliphatic rings. The maximum Gasteiger partial charge on any atom is 0.393 e. The van der Waals surface area contributed by atoms with Gasteiger partial charge in [0.1, 0.15) is 0 Å². The van der Waals surface area contributed by atoms with Crippen molar-refractivity contribution in [3.8, 4) is 0 Å². The molecule has 0 heterocycles. The Labute approximate surface area is 116 Å². The molecule has 0 saturated heterocycles. The Bertz CT molecular complexity index is 393. The van der Waals surface area contributed by atoms with E-state index in [2.05, 4.69) is 20.8 Å². The molecule has 0 amide bonds. The summed E-state index contributed by atoms with van der Waals surface area (Å²) in [5.74, 6) is -1.48. The van der Waals surface area contributed by atoms with Crippen LogP contribution in [0.3, 0.4) is 0 Å². The molecule has 1 aromatic carbocycles. The predicted molar refractivity (Wildman–Crippen MR) is 74.5 cm³/mol. The summed E-state index contributed by atoms with van der Waals surface area (Å²) in [4.78, 5) is 0.843. The fraction of sp³-hybridized carbons (Fsp3) is 0.571. The lowest BCUT2D eigenvalue weighted by atomic mass is 9.87. The first-order chi connectivity index (χ1) is 8.64. The molecule has 5 heteroatoms. The zero-order valence-corrected chi connectivity index (χ0v) is 12.2. The molecule has 0 saturated carbocycles. The van der Waals surface area contributed by atoms with Gasteiger partial charge < -0.3 is 5.73 Å². The van der Waals surface area contributed by atoms with Gasteiger partial charge in [-0.15, -0.1) is 11.8 Å².